The number of rotatable bonds is 4. The first-order valence-electron chi connectivity index (χ1n) is 5.12. The number of carboxylic acids is 1. The summed E-state index contributed by atoms with van der Waals surface area (Å²) in [6.07, 6.45) is 1.57. The Morgan fingerprint density at radius 3 is 2.82 bits per heavy atom. The average Bonchev–Trinajstić information content (AvgIpc) is 2.77. The zero-order valence-electron chi connectivity index (χ0n) is 9.33. The molecule has 0 aliphatic carbocycles. The van der Waals surface area contributed by atoms with Crippen molar-refractivity contribution in [1.29, 1.82) is 0 Å². The number of carbonyl (C=O) groups is 1. The molecular formula is C12H12N2O3. The maximum absolute atomic E-state index is 10.6. The van der Waals surface area contributed by atoms with Gasteiger partial charge in [-0.2, -0.15) is 5.10 Å². The van der Waals surface area contributed by atoms with Gasteiger partial charge in [0.15, 0.2) is 12.4 Å². The molecule has 0 amide bonds. The molecule has 0 aliphatic rings. The largest absolute Gasteiger partial charge is 0.476 e. The number of aryl methyl sites for hydroxylation is 1. The molecule has 0 aliphatic heterocycles. The second-order valence-corrected chi connectivity index (χ2v) is 3.58. The molecule has 5 heteroatoms. The maximum atomic E-state index is 10.6. The van der Waals surface area contributed by atoms with Gasteiger partial charge in [0.05, 0.1) is 0 Å². The minimum absolute atomic E-state index is 0.0124. The molecule has 2 rings (SSSR count). The molecule has 1 aromatic carbocycles. The zero-order chi connectivity index (χ0) is 12.3. The summed E-state index contributed by atoms with van der Waals surface area (Å²) < 4.78 is 6.96. The summed E-state index contributed by atoms with van der Waals surface area (Å²) in [6, 6.07) is 9.05. The van der Waals surface area contributed by atoms with Crippen LogP contribution in [0, 0.1) is 6.92 Å². The third-order valence-electron chi connectivity index (χ3n) is 2.31. The third-order valence-corrected chi connectivity index (χ3v) is 2.31. The van der Waals surface area contributed by atoms with E-state index in [9.17, 15) is 4.79 Å². The average molecular weight is 232 g/mol. The number of ether oxygens (including phenoxy) is 1. The number of nitrogens with zero attached hydrogens (tertiary/aromatic N) is 2. The lowest BCUT2D eigenvalue weighted by Crippen LogP contribution is -2.08. The molecule has 0 saturated carbocycles. The first-order valence-corrected chi connectivity index (χ1v) is 5.12. The molecule has 17 heavy (non-hydrogen) atoms. The van der Waals surface area contributed by atoms with Gasteiger partial charge in [0.1, 0.15) is 5.75 Å². The number of aromatic nitrogens is 2. The Kier molecular flexibility index (Phi) is 3.09. The monoisotopic (exact) mass is 232 g/mol. The van der Waals surface area contributed by atoms with Crippen LogP contribution in [0.1, 0.15) is 16.1 Å². The highest BCUT2D eigenvalue weighted by Crippen LogP contribution is 2.16. The van der Waals surface area contributed by atoms with Crippen molar-refractivity contribution in [2.24, 2.45) is 0 Å². The quantitative estimate of drug-likeness (QED) is 0.874. The normalized spacial score (nSPS) is 10.2. The van der Waals surface area contributed by atoms with E-state index in [-0.39, 0.29) is 12.4 Å². The summed E-state index contributed by atoms with van der Waals surface area (Å²) in [5, 5.41) is 12.6. The first-order chi connectivity index (χ1) is 8.16. The van der Waals surface area contributed by atoms with Crippen LogP contribution in [-0.2, 0) is 6.73 Å². The predicted molar refractivity (Wildman–Crippen MR) is 61.0 cm³/mol. The minimum Gasteiger partial charge on any atom is -0.476 e. The fourth-order valence-electron chi connectivity index (χ4n) is 1.40. The van der Waals surface area contributed by atoms with Gasteiger partial charge in [-0.15, -0.1) is 0 Å². The molecule has 0 atom stereocenters. The second-order valence-electron chi connectivity index (χ2n) is 3.58. The van der Waals surface area contributed by atoms with Crippen LogP contribution in [0.25, 0.3) is 0 Å². The van der Waals surface area contributed by atoms with Crippen LogP contribution in [0.4, 0.5) is 0 Å². The van der Waals surface area contributed by atoms with Gasteiger partial charge in [-0.3, -0.25) is 0 Å². The standard InChI is InChI=1S/C12H12N2O3/c1-9-4-2-3-5-11(9)17-8-14-7-6-10(13-14)12(15)16/h2-7H,8H2,1H3,(H,15,16). The number of aromatic carboxylic acids is 1. The number of benzene rings is 1. The van der Waals surface area contributed by atoms with Crippen molar-refractivity contribution >= 4 is 5.97 Å². The zero-order valence-corrected chi connectivity index (χ0v) is 9.33. The molecule has 0 spiro atoms. The molecule has 0 bridgehead atoms. The highest BCUT2D eigenvalue weighted by molar-refractivity contribution is 5.84. The fourth-order valence-corrected chi connectivity index (χ4v) is 1.40. The van der Waals surface area contributed by atoms with Crippen molar-refractivity contribution in [2.75, 3.05) is 0 Å². The Bertz CT molecular complexity index is 534. The van der Waals surface area contributed by atoms with Crippen molar-refractivity contribution in [1.82, 2.24) is 9.78 Å². The van der Waals surface area contributed by atoms with Crippen LogP contribution >= 0.6 is 0 Å². The molecule has 0 unspecified atom stereocenters. The maximum Gasteiger partial charge on any atom is 0.356 e. The van der Waals surface area contributed by atoms with Crippen LogP contribution in [0.3, 0.4) is 0 Å². The lowest BCUT2D eigenvalue weighted by Gasteiger charge is -2.08. The number of para-hydroxylation sites is 1. The Labute approximate surface area is 98.3 Å². The summed E-state index contributed by atoms with van der Waals surface area (Å²) in [5.74, 6) is -0.278. The van der Waals surface area contributed by atoms with Gasteiger partial charge in [-0.05, 0) is 24.6 Å². The lowest BCUT2D eigenvalue weighted by atomic mass is 10.2. The molecular weight excluding hydrogens is 220 g/mol. The van der Waals surface area contributed by atoms with E-state index >= 15 is 0 Å². The third kappa shape index (κ3) is 2.63. The van der Waals surface area contributed by atoms with Crippen LogP contribution in [0.2, 0.25) is 0 Å². The highest BCUT2D eigenvalue weighted by atomic mass is 16.5. The van der Waals surface area contributed by atoms with E-state index in [2.05, 4.69) is 5.10 Å². The predicted octanol–water partition coefficient (Wildman–Crippen LogP) is 1.93. The highest BCUT2D eigenvalue weighted by Gasteiger charge is 2.06. The smallest absolute Gasteiger partial charge is 0.356 e. The van der Waals surface area contributed by atoms with E-state index in [1.807, 2.05) is 31.2 Å². The van der Waals surface area contributed by atoms with E-state index in [0.717, 1.165) is 11.3 Å². The van der Waals surface area contributed by atoms with Crippen molar-refractivity contribution < 1.29 is 14.6 Å². The van der Waals surface area contributed by atoms with Crippen LogP contribution in [0.5, 0.6) is 5.75 Å². The summed E-state index contributed by atoms with van der Waals surface area (Å²) in [4.78, 5) is 10.6. The fraction of sp³-hybridized carbons (Fsp3) is 0.167. The van der Waals surface area contributed by atoms with Gasteiger partial charge >= 0.3 is 5.97 Å². The molecule has 0 radical (unpaired) electrons. The van der Waals surface area contributed by atoms with Gasteiger partial charge in [-0.1, -0.05) is 18.2 Å². The van der Waals surface area contributed by atoms with Gasteiger partial charge in [0.2, 0.25) is 0 Å². The van der Waals surface area contributed by atoms with E-state index in [1.165, 1.54) is 10.7 Å². The van der Waals surface area contributed by atoms with Gasteiger partial charge in [0.25, 0.3) is 0 Å². The first kappa shape index (κ1) is 11.2. The molecule has 0 fully saturated rings. The van der Waals surface area contributed by atoms with Crippen LogP contribution < -0.4 is 4.74 Å². The van der Waals surface area contributed by atoms with E-state index in [1.54, 1.807) is 6.20 Å². The number of carboxylic acid groups (broad SMARTS) is 1. The van der Waals surface area contributed by atoms with Crippen LogP contribution in [-0.4, -0.2) is 20.9 Å². The Morgan fingerprint density at radius 1 is 1.41 bits per heavy atom. The number of hydrogen-bond donors (Lipinski definition) is 1. The van der Waals surface area contributed by atoms with Crippen molar-refractivity contribution in [3.63, 3.8) is 0 Å². The number of hydrogen-bond acceptors (Lipinski definition) is 3. The summed E-state index contributed by atoms with van der Waals surface area (Å²) in [6.45, 7) is 2.14. The topological polar surface area (TPSA) is 64.3 Å². The van der Waals surface area contributed by atoms with Gasteiger partial charge in [-0.25, -0.2) is 9.48 Å². The van der Waals surface area contributed by atoms with Gasteiger partial charge in [0, 0.05) is 6.20 Å². The molecule has 5 nitrogen and oxygen atoms in total. The summed E-state index contributed by atoms with van der Waals surface area (Å²) >= 11 is 0. The van der Waals surface area contributed by atoms with E-state index in [4.69, 9.17) is 9.84 Å². The summed E-state index contributed by atoms with van der Waals surface area (Å²) in [5.41, 5.74) is 1.04. The molecule has 0 saturated heterocycles. The van der Waals surface area contributed by atoms with E-state index < -0.39 is 5.97 Å². The van der Waals surface area contributed by atoms with Crippen LogP contribution in [0.15, 0.2) is 36.5 Å². The van der Waals surface area contributed by atoms with Gasteiger partial charge < -0.3 is 9.84 Å². The van der Waals surface area contributed by atoms with Crippen molar-refractivity contribution in [2.45, 2.75) is 13.7 Å². The molecule has 88 valence electrons. The lowest BCUT2D eigenvalue weighted by molar-refractivity contribution is 0.0688. The molecule has 1 aromatic heterocycles. The van der Waals surface area contributed by atoms with Crippen molar-refractivity contribution in [3.05, 3.63) is 47.8 Å². The molecule has 2 aromatic rings. The molecule has 1 N–H and O–H groups in total. The van der Waals surface area contributed by atoms with Crippen molar-refractivity contribution in [3.8, 4) is 5.75 Å². The second kappa shape index (κ2) is 4.69. The minimum atomic E-state index is -1.04. The Balaban J connectivity index is 2.02. The SMILES string of the molecule is Cc1ccccc1OCn1ccc(C(=O)O)n1. The Morgan fingerprint density at radius 2 is 2.18 bits per heavy atom. The van der Waals surface area contributed by atoms with E-state index in [0.29, 0.717) is 0 Å². The molecule has 1 heterocycles. The Hall–Kier alpha value is -2.30. The summed E-state index contributed by atoms with van der Waals surface area (Å²) in [7, 11) is 0.